The molecule has 0 N–H and O–H groups in total. The Morgan fingerprint density at radius 2 is 2.40 bits per heavy atom. The summed E-state index contributed by atoms with van der Waals surface area (Å²) < 4.78 is 13.9. The van der Waals surface area contributed by atoms with Crippen molar-refractivity contribution in [2.75, 3.05) is 13.1 Å². The Morgan fingerprint density at radius 1 is 1.60 bits per heavy atom. The molecule has 0 saturated carbocycles. The minimum absolute atomic E-state index is 0.0970. The molecule has 0 aliphatic carbocycles. The Hall–Kier alpha value is -0.680. The van der Waals surface area contributed by atoms with E-state index in [1.165, 1.54) is 22.3 Å². The molecule has 1 aromatic rings. The van der Waals surface area contributed by atoms with Crippen LogP contribution in [0.3, 0.4) is 0 Å². The molecule has 0 unspecified atom stereocenters. The van der Waals surface area contributed by atoms with Crippen molar-refractivity contribution in [1.82, 2.24) is 4.90 Å². The number of amides is 1. The number of carbonyl (C=O) groups is 1. The third kappa shape index (κ3) is 2.46. The van der Waals surface area contributed by atoms with Gasteiger partial charge >= 0.3 is 0 Å². The van der Waals surface area contributed by atoms with E-state index in [9.17, 15) is 9.18 Å². The topological polar surface area (TPSA) is 20.3 Å². The van der Waals surface area contributed by atoms with E-state index in [-0.39, 0.29) is 18.3 Å². The number of thiophene rings is 1. The summed E-state index contributed by atoms with van der Waals surface area (Å²) >= 11 is 4.76. The molecule has 2 heterocycles. The van der Waals surface area contributed by atoms with Gasteiger partial charge in [0.05, 0.1) is 15.9 Å². The van der Waals surface area contributed by atoms with Crippen molar-refractivity contribution in [3.05, 3.63) is 32.7 Å². The number of halogens is 2. The summed E-state index contributed by atoms with van der Waals surface area (Å²) in [5.41, 5.74) is 0.626. The summed E-state index contributed by atoms with van der Waals surface area (Å²) in [7, 11) is 0. The Balaban J connectivity index is 2.12. The van der Waals surface area contributed by atoms with Gasteiger partial charge in [-0.15, -0.1) is 11.3 Å². The van der Waals surface area contributed by atoms with E-state index in [0.29, 0.717) is 18.5 Å². The van der Waals surface area contributed by atoms with Gasteiger partial charge in [-0.05, 0) is 34.5 Å². The Labute approximate surface area is 99.5 Å². The molecule has 0 radical (unpaired) electrons. The second kappa shape index (κ2) is 4.45. The summed E-state index contributed by atoms with van der Waals surface area (Å²) in [6, 6.07) is 1.77. The van der Waals surface area contributed by atoms with E-state index in [1.807, 2.05) is 0 Å². The fourth-order valence-electron chi connectivity index (χ4n) is 1.48. The highest BCUT2D eigenvalue weighted by molar-refractivity contribution is 9.11. The molecule has 2 nitrogen and oxygen atoms in total. The van der Waals surface area contributed by atoms with Gasteiger partial charge in [0.2, 0.25) is 0 Å². The SMILES string of the molecule is O=C(c1csc(Br)c1)N1CCC=C(F)C1. The first kappa shape index (κ1) is 10.8. The first-order valence-electron chi connectivity index (χ1n) is 4.54. The van der Waals surface area contributed by atoms with E-state index >= 15 is 0 Å². The smallest absolute Gasteiger partial charge is 0.255 e. The zero-order chi connectivity index (χ0) is 10.8. The summed E-state index contributed by atoms with van der Waals surface area (Å²) in [5, 5.41) is 1.78. The highest BCUT2D eigenvalue weighted by Crippen LogP contribution is 2.23. The lowest BCUT2D eigenvalue weighted by Crippen LogP contribution is -2.34. The highest BCUT2D eigenvalue weighted by Gasteiger charge is 2.20. The summed E-state index contributed by atoms with van der Waals surface area (Å²) in [6.07, 6.45) is 2.14. The Morgan fingerprint density at radius 3 is 3.00 bits per heavy atom. The number of carbonyl (C=O) groups excluding carboxylic acids is 1. The number of hydrogen-bond donors (Lipinski definition) is 0. The molecule has 5 heteroatoms. The summed E-state index contributed by atoms with van der Waals surface area (Å²) in [5.74, 6) is -0.316. The highest BCUT2D eigenvalue weighted by atomic mass is 79.9. The van der Waals surface area contributed by atoms with Gasteiger partial charge < -0.3 is 4.90 Å². The maximum atomic E-state index is 13.0. The van der Waals surface area contributed by atoms with Gasteiger partial charge in [0.1, 0.15) is 5.83 Å². The van der Waals surface area contributed by atoms with Crippen molar-refractivity contribution in [2.24, 2.45) is 0 Å². The molecular formula is C10H9BrFNOS. The lowest BCUT2D eigenvalue weighted by Gasteiger charge is -2.23. The van der Waals surface area contributed by atoms with Crippen molar-refractivity contribution < 1.29 is 9.18 Å². The van der Waals surface area contributed by atoms with Crippen LogP contribution in [0.15, 0.2) is 27.1 Å². The van der Waals surface area contributed by atoms with Crippen LogP contribution in [0.4, 0.5) is 4.39 Å². The quantitative estimate of drug-likeness (QED) is 0.777. The molecule has 1 amide bonds. The Kier molecular flexibility index (Phi) is 3.21. The van der Waals surface area contributed by atoms with Crippen molar-refractivity contribution in [3.8, 4) is 0 Å². The third-order valence-electron chi connectivity index (χ3n) is 2.21. The van der Waals surface area contributed by atoms with Crippen LogP contribution in [0, 0.1) is 0 Å². The molecule has 0 spiro atoms. The minimum Gasteiger partial charge on any atom is -0.332 e. The molecule has 0 bridgehead atoms. The van der Waals surface area contributed by atoms with Crippen molar-refractivity contribution in [1.29, 1.82) is 0 Å². The molecule has 15 heavy (non-hydrogen) atoms. The molecule has 1 aliphatic rings. The Bertz CT molecular complexity index is 415. The number of nitrogens with zero attached hydrogens (tertiary/aromatic N) is 1. The zero-order valence-corrected chi connectivity index (χ0v) is 10.3. The molecule has 0 atom stereocenters. The first-order valence-corrected chi connectivity index (χ1v) is 6.22. The van der Waals surface area contributed by atoms with Gasteiger partial charge in [0.25, 0.3) is 5.91 Å². The van der Waals surface area contributed by atoms with Crippen LogP contribution in [-0.2, 0) is 0 Å². The molecule has 1 aromatic heterocycles. The average molecular weight is 290 g/mol. The minimum atomic E-state index is -0.219. The summed E-state index contributed by atoms with van der Waals surface area (Å²) in [4.78, 5) is 13.4. The van der Waals surface area contributed by atoms with Crippen LogP contribution in [0.1, 0.15) is 16.8 Å². The summed E-state index contributed by atoms with van der Waals surface area (Å²) in [6.45, 7) is 0.700. The lowest BCUT2D eigenvalue weighted by atomic mass is 10.2. The van der Waals surface area contributed by atoms with Crippen LogP contribution in [0.25, 0.3) is 0 Å². The molecular weight excluding hydrogens is 281 g/mol. The van der Waals surface area contributed by atoms with Crippen molar-refractivity contribution >= 4 is 33.2 Å². The van der Waals surface area contributed by atoms with E-state index in [1.54, 1.807) is 11.4 Å². The predicted molar refractivity (Wildman–Crippen MR) is 61.7 cm³/mol. The first-order chi connectivity index (χ1) is 7.16. The van der Waals surface area contributed by atoms with Crippen LogP contribution in [0.2, 0.25) is 0 Å². The average Bonchev–Trinajstić information content (AvgIpc) is 2.64. The van der Waals surface area contributed by atoms with Gasteiger partial charge in [-0.3, -0.25) is 4.79 Å². The van der Waals surface area contributed by atoms with Gasteiger partial charge in [-0.25, -0.2) is 4.39 Å². The van der Waals surface area contributed by atoms with Crippen LogP contribution in [0.5, 0.6) is 0 Å². The van der Waals surface area contributed by atoms with Gasteiger partial charge in [0, 0.05) is 11.9 Å². The van der Waals surface area contributed by atoms with E-state index in [0.717, 1.165) is 3.79 Å². The van der Waals surface area contributed by atoms with E-state index in [2.05, 4.69) is 15.9 Å². The molecule has 0 fully saturated rings. The van der Waals surface area contributed by atoms with Crippen LogP contribution >= 0.6 is 27.3 Å². The van der Waals surface area contributed by atoms with Crippen molar-refractivity contribution in [3.63, 3.8) is 0 Å². The fraction of sp³-hybridized carbons (Fsp3) is 0.300. The van der Waals surface area contributed by atoms with Crippen LogP contribution < -0.4 is 0 Å². The maximum absolute atomic E-state index is 13.0. The van der Waals surface area contributed by atoms with Gasteiger partial charge in [-0.2, -0.15) is 0 Å². The fourth-order valence-corrected chi connectivity index (χ4v) is 2.61. The molecule has 2 rings (SSSR count). The van der Waals surface area contributed by atoms with E-state index in [4.69, 9.17) is 0 Å². The van der Waals surface area contributed by atoms with Gasteiger partial charge in [0.15, 0.2) is 0 Å². The monoisotopic (exact) mass is 289 g/mol. The molecule has 0 aromatic carbocycles. The maximum Gasteiger partial charge on any atom is 0.255 e. The largest absolute Gasteiger partial charge is 0.332 e. The molecule has 80 valence electrons. The zero-order valence-electron chi connectivity index (χ0n) is 7.87. The lowest BCUT2D eigenvalue weighted by molar-refractivity contribution is 0.0756. The molecule has 1 aliphatic heterocycles. The standard InChI is InChI=1S/C10H9BrFNOS/c11-9-4-7(6-15-9)10(14)13-3-1-2-8(12)5-13/h2,4,6H,1,3,5H2. The normalized spacial score (nSPS) is 16.4. The third-order valence-corrected chi connectivity index (χ3v) is 3.71. The number of hydrogen-bond acceptors (Lipinski definition) is 2. The second-order valence-corrected chi connectivity index (χ2v) is 5.60. The second-order valence-electron chi connectivity index (χ2n) is 3.31. The molecule has 0 saturated heterocycles. The van der Waals surface area contributed by atoms with Gasteiger partial charge in [-0.1, -0.05) is 0 Å². The predicted octanol–water partition coefficient (Wildman–Crippen LogP) is 3.21. The number of rotatable bonds is 1. The van der Waals surface area contributed by atoms with Crippen molar-refractivity contribution in [2.45, 2.75) is 6.42 Å². The van der Waals surface area contributed by atoms with E-state index < -0.39 is 0 Å². The van der Waals surface area contributed by atoms with Crippen LogP contribution in [-0.4, -0.2) is 23.9 Å².